The van der Waals surface area contributed by atoms with Crippen molar-refractivity contribution < 1.29 is 18.8 Å². The van der Waals surface area contributed by atoms with Gasteiger partial charge in [0.25, 0.3) is 0 Å². The van der Waals surface area contributed by atoms with Crippen LogP contribution in [0.2, 0.25) is 0 Å². The van der Waals surface area contributed by atoms with Crippen molar-refractivity contribution in [3.63, 3.8) is 0 Å². The summed E-state index contributed by atoms with van der Waals surface area (Å²) in [4.78, 5) is 21.1. The third kappa shape index (κ3) is 2.14. The van der Waals surface area contributed by atoms with Gasteiger partial charge in [-0.25, -0.2) is 4.39 Å². The number of halogens is 1. The number of hydrogen-bond acceptors (Lipinski definition) is 5. The molecule has 0 amide bonds. The highest BCUT2D eigenvalue weighted by atomic mass is 19.1. The molecule has 6 nitrogen and oxygen atoms in total. The molecule has 0 bridgehead atoms. The van der Waals surface area contributed by atoms with Crippen LogP contribution in [0, 0.1) is 15.9 Å². The standard InChI is InChI=1S/C9H9FN2O4/c1-16-9-6(8(13)4-11)2-5(10)3-7(9)12(14)15/h2-3H,4,11H2,1H3. The molecule has 0 fully saturated rings. The van der Waals surface area contributed by atoms with Crippen molar-refractivity contribution in [2.45, 2.75) is 0 Å². The summed E-state index contributed by atoms with van der Waals surface area (Å²) in [6.45, 7) is -0.378. The van der Waals surface area contributed by atoms with Gasteiger partial charge in [0.2, 0.25) is 5.75 Å². The Bertz CT molecular complexity index is 447. The largest absolute Gasteiger partial charge is 0.490 e. The highest BCUT2D eigenvalue weighted by Crippen LogP contribution is 2.32. The van der Waals surface area contributed by atoms with Crippen molar-refractivity contribution in [3.8, 4) is 5.75 Å². The van der Waals surface area contributed by atoms with Crippen LogP contribution in [0.15, 0.2) is 12.1 Å². The summed E-state index contributed by atoms with van der Waals surface area (Å²) in [6, 6.07) is 1.55. The Kier molecular flexibility index (Phi) is 3.51. The van der Waals surface area contributed by atoms with Crippen LogP contribution in [0.1, 0.15) is 10.4 Å². The highest BCUT2D eigenvalue weighted by Gasteiger charge is 2.23. The molecular weight excluding hydrogens is 219 g/mol. The van der Waals surface area contributed by atoms with Gasteiger partial charge in [0.1, 0.15) is 5.82 Å². The molecule has 0 unspecified atom stereocenters. The van der Waals surface area contributed by atoms with Gasteiger partial charge in [-0.05, 0) is 6.07 Å². The van der Waals surface area contributed by atoms with E-state index in [0.29, 0.717) is 6.07 Å². The lowest BCUT2D eigenvalue weighted by molar-refractivity contribution is -0.386. The zero-order valence-corrected chi connectivity index (χ0v) is 8.40. The quantitative estimate of drug-likeness (QED) is 0.469. The van der Waals surface area contributed by atoms with Crippen LogP contribution in [-0.2, 0) is 0 Å². The van der Waals surface area contributed by atoms with Gasteiger partial charge in [0, 0.05) is 0 Å². The number of ketones is 1. The Labute approximate surface area is 90.0 Å². The third-order valence-electron chi connectivity index (χ3n) is 1.92. The summed E-state index contributed by atoms with van der Waals surface area (Å²) in [7, 11) is 1.16. The molecule has 0 aromatic heterocycles. The number of methoxy groups -OCH3 is 1. The maximum absolute atomic E-state index is 13.0. The fourth-order valence-corrected chi connectivity index (χ4v) is 1.25. The Morgan fingerprint density at radius 1 is 1.62 bits per heavy atom. The van der Waals surface area contributed by atoms with Gasteiger partial charge in [-0.3, -0.25) is 14.9 Å². The molecule has 7 heteroatoms. The van der Waals surface area contributed by atoms with E-state index >= 15 is 0 Å². The number of carbonyl (C=O) groups is 1. The molecule has 0 saturated carbocycles. The van der Waals surface area contributed by atoms with Crippen LogP contribution >= 0.6 is 0 Å². The molecule has 0 aliphatic heterocycles. The lowest BCUT2D eigenvalue weighted by atomic mass is 10.1. The van der Waals surface area contributed by atoms with Gasteiger partial charge in [-0.15, -0.1) is 0 Å². The number of hydrogen-bond donors (Lipinski definition) is 1. The molecule has 0 aliphatic rings. The molecule has 0 heterocycles. The van der Waals surface area contributed by atoms with E-state index in [0.717, 1.165) is 13.2 Å². The minimum atomic E-state index is -0.885. The van der Waals surface area contributed by atoms with E-state index in [1.165, 1.54) is 0 Å². The molecule has 0 aliphatic carbocycles. The number of rotatable bonds is 4. The minimum absolute atomic E-state index is 0.225. The molecule has 0 atom stereocenters. The third-order valence-corrected chi connectivity index (χ3v) is 1.92. The number of nitro benzene ring substituents is 1. The summed E-state index contributed by atoms with van der Waals surface area (Å²) in [5.74, 6) is -1.79. The lowest BCUT2D eigenvalue weighted by Crippen LogP contribution is -2.15. The van der Waals surface area contributed by atoms with Gasteiger partial charge in [-0.1, -0.05) is 0 Å². The number of ether oxygens (including phenoxy) is 1. The van der Waals surface area contributed by atoms with Crippen LogP contribution in [0.4, 0.5) is 10.1 Å². The Morgan fingerprint density at radius 2 is 2.25 bits per heavy atom. The summed E-state index contributed by atoms with van der Waals surface area (Å²) in [5.41, 5.74) is 4.28. The number of nitro groups is 1. The Morgan fingerprint density at radius 3 is 2.69 bits per heavy atom. The smallest absolute Gasteiger partial charge is 0.314 e. The minimum Gasteiger partial charge on any atom is -0.490 e. The van der Waals surface area contributed by atoms with Gasteiger partial charge < -0.3 is 10.5 Å². The van der Waals surface area contributed by atoms with Gasteiger partial charge >= 0.3 is 5.69 Å². The normalized spacial score (nSPS) is 9.94. The number of Topliss-reactive ketones (excluding diaryl/α,β-unsaturated/α-hetero) is 1. The predicted molar refractivity (Wildman–Crippen MR) is 53.0 cm³/mol. The zero-order valence-electron chi connectivity index (χ0n) is 8.40. The average molecular weight is 228 g/mol. The van der Waals surface area contributed by atoms with Gasteiger partial charge in [0.15, 0.2) is 5.78 Å². The average Bonchev–Trinajstić information content (AvgIpc) is 2.26. The zero-order chi connectivity index (χ0) is 12.3. The molecule has 2 N–H and O–H groups in total. The number of carbonyl (C=O) groups excluding carboxylic acids is 1. The summed E-state index contributed by atoms with van der Waals surface area (Å²) in [5, 5.41) is 10.6. The van der Waals surface area contributed by atoms with E-state index in [1.807, 2.05) is 0 Å². The maximum atomic E-state index is 13.0. The maximum Gasteiger partial charge on any atom is 0.314 e. The second-order valence-corrected chi connectivity index (χ2v) is 2.89. The highest BCUT2D eigenvalue weighted by molar-refractivity contribution is 6.01. The van der Waals surface area contributed by atoms with E-state index in [9.17, 15) is 19.3 Å². The Balaban J connectivity index is 3.48. The van der Waals surface area contributed by atoms with E-state index in [4.69, 9.17) is 10.5 Å². The molecule has 1 aromatic rings. The van der Waals surface area contributed by atoms with Crippen molar-refractivity contribution in [1.29, 1.82) is 0 Å². The topological polar surface area (TPSA) is 95.5 Å². The van der Waals surface area contributed by atoms with Crippen LogP contribution in [0.25, 0.3) is 0 Å². The van der Waals surface area contributed by atoms with Crippen LogP contribution in [0.3, 0.4) is 0 Å². The first-order chi connectivity index (χ1) is 7.51. The second-order valence-electron chi connectivity index (χ2n) is 2.89. The fraction of sp³-hybridized carbons (Fsp3) is 0.222. The van der Waals surface area contributed by atoms with Gasteiger partial charge in [0.05, 0.1) is 30.2 Å². The van der Waals surface area contributed by atoms with Crippen LogP contribution in [0.5, 0.6) is 5.75 Å². The van der Waals surface area contributed by atoms with Crippen LogP contribution in [-0.4, -0.2) is 24.4 Å². The van der Waals surface area contributed by atoms with Crippen molar-refractivity contribution in [2.24, 2.45) is 5.73 Å². The molecule has 1 aromatic carbocycles. The molecule has 0 radical (unpaired) electrons. The summed E-state index contributed by atoms with van der Waals surface area (Å²) >= 11 is 0. The van der Waals surface area contributed by atoms with Crippen molar-refractivity contribution in [1.82, 2.24) is 0 Å². The first-order valence-electron chi connectivity index (χ1n) is 4.26. The number of benzene rings is 1. The Hall–Kier alpha value is -2.02. The molecule has 0 spiro atoms. The van der Waals surface area contributed by atoms with Crippen LogP contribution < -0.4 is 10.5 Å². The SMILES string of the molecule is COc1c(C(=O)CN)cc(F)cc1[N+](=O)[O-]. The van der Waals surface area contributed by atoms with Crippen molar-refractivity contribution >= 4 is 11.5 Å². The van der Waals surface area contributed by atoms with Crippen molar-refractivity contribution in [2.75, 3.05) is 13.7 Å². The number of nitrogens with two attached hydrogens (primary N) is 1. The summed E-state index contributed by atoms with van der Waals surface area (Å²) < 4.78 is 17.8. The first kappa shape index (κ1) is 12.1. The summed E-state index contributed by atoms with van der Waals surface area (Å²) in [6.07, 6.45) is 0. The molecule has 1 rings (SSSR count). The monoisotopic (exact) mass is 228 g/mol. The first-order valence-corrected chi connectivity index (χ1v) is 4.26. The van der Waals surface area contributed by atoms with Gasteiger partial charge in [-0.2, -0.15) is 0 Å². The number of nitrogens with zero attached hydrogens (tertiary/aromatic N) is 1. The van der Waals surface area contributed by atoms with Crippen molar-refractivity contribution in [3.05, 3.63) is 33.6 Å². The van der Waals surface area contributed by atoms with E-state index < -0.39 is 22.2 Å². The predicted octanol–water partition coefficient (Wildman–Crippen LogP) is 0.884. The molecule has 16 heavy (non-hydrogen) atoms. The molecular formula is C9H9FN2O4. The fourth-order valence-electron chi connectivity index (χ4n) is 1.25. The molecule has 86 valence electrons. The second kappa shape index (κ2) is 4.67. The lowest BCUT2D eigenvalue weighted by Gasteiger charge is -2.07. The van der Waals surface area contributed by atoms with E-state index in [1.54, 1.807) is 0 Å². The molecule has 0 saturated heterocycles. The van der Waals surface area contributed by atoms with E-state index in [-0.39, 0.29) is 17.9 Å². The van der Waals surface area contributed by atoms with E-state index in [2.05, 4.69) is 0 Å².